The summed E-state index contributed by atoms with van der Waals surface area (Å²) >= 11 is 1.59. The van der Waals surface area contributed by atoms with Gasteiger partial charge in [-0.05, 0) is 61.4 Å². The van der Waals surface area contributed by atoms with Crippen LogP contribution in [0.2, 0.25) is 0 Å². The highest BCUT2D eigenvalue weighted by Gasteiger charge is 2.19. The van der Waals surface area contributed by atoms with Gasteiger partial charge in [0.2, 0.25) is 17.6 Å². The van der Waals surface area contributed by atoms with Gasteiger partial charge in [0.05, 0.1) is 4.88 Å². The van der Waals surface area contributed by atoms with Gasteiger partial charge in [-0.1, -0.05) is 17.6 Å². The molecule has 0 saturated carbocycles. The normalized spacial score (nSPS) is 14.1. The molecule has 0 atom stereocenters. The molecule has 0 unspecified atom stereocenters. The zero-order valence-corrected chi connectivity index (χ0v) is 18.2. The Morgan fingerprint density at radius 1 is 1.13 bits per heavy atom. The Kier molecular flexibility index (Phi) is 7.09. The van der Waals surface area contributed by atoms with Crippen molar-refractivity contribution in [1.29, 1.82) is 0 Å². The van der Waals surface area contributed by atoms with Crippen LogP contribution in [0.3, 0.4) is 0 Å². The quantitative estimate of drug-likeness (QED) is 0.499. The maximum atomic E-state index is 12.3. The third-order valence-electron chi connectivity index (χ3n) is 5.33. The fraction of sp³-hybridized carbons (Fsp3) is 0.391. The minimum Gasteiger partial charge on any atom is -0.352 e. The maximum absolute atomic E-state index is 12.3. The molecule has 0 radical (unpaired) electrons. The average molecular weight is 439 g/mol. The van der Waals surface area contributed by atoms with Gasteiger partial charge in [-0.25, -0.2) is 0 Å². The van der Waals surface area contributed by atoms with Gasteiger partial charge in [-0.15, -0.1) is 11.3 Å². The third kappa shape index (κ3) is 5.58. The van der Waals surface area contributed by atoms with Crippen molar-refractivity contribution in [2.45, 2.75) is 44.9 Å². The van der Waals surface area contributed by atoms with Crippen LogP contribution in [-0.4, -0.2) is 35.0 Å². The highest BCUT2D eigenvalue weighted by molar-refractivity contribution is 7.13. The topological polar surface area (TPSA) is 88.3 Å². The number of nitrogens with zero attached hydrogens (tertiary/aromatic N) is 3. The van der Waals surface area contributed by atoms with Crippen LogP contribution in [0, 0.1) is 0 Å². The lowest BCUT2D eigenvalue weighted by molar-refractivity contribution is -0.119. The summed E-state index contributed by atoms with van der Waals surface area (Å²) in [7, 11) is 0. The van der Waals surface area contributed by atoms with E-state index >= 15 is 0 Å². The Morgan fingerprint density at radius 3 is 2.77 bits per heavy atom. The van der Waals surface area contributed by atoms with Crippen molar-refractivity contribution < 1.29 is 14.1 Å². The summed E-state index contributed by atoms with van der Waals surface area (Å²) in [6, 6.07) is 11.2. The van der Waals surface area contributed by atoms with Crippen LogP contribution < -0.4 is 10.2 Å². The van der Waals surface area contributed by atoms with Crippen molar-refractivity contribution in [3.63, 3.8) is 0 Å². The molecular weight excluding hydrogens is 412 g/mol. The van der Waals surface area contributed by atoms with E-state index < -0.39 is 0 Å². The van der Waals surface area contributed by atoms with Crippen LogP contribution in [0.15, 0.2) is 46.3 Å². The third-order valence-corrected chi connectivity index (χ3v) is 6.19. The Morgan fingerprint density at radius 2 is 2.00 bits per heavy atom. The molecule has 0 aliphatic carbocycles. The first-order chi connectivity index (χ1) is 15.2. The molecular formula is C23H26N4O3S. The molecule has 1 aromatic carbocycles. The van der Waals surface area contributed by atoms with Gasteiger partial charge in [0.15, 0.2) is 0 Å². The van der Waals surface area contributed by atoms with Crippen LogP contribution in [0.1, 0.15) is 54.8 Å². The molecule has 2 aromatic heterocycles. The first kappa shape index (κ1) is 21.2. The van der Waals surface area contributed by atoms with E-state index in [0.717, 1.165) is 55.6 Å². The lowest BCUT2D eigenvalue weighted by Crippen LogP contribution is -2.35. The van der Waals surface area contributed by atoms with Crippen LogP contribution >= 0.6 is 11.3 Å². The van der Waals surface area contributed by atoms with Crippen molar-refractivity contribution in [2.75, 3.05) is 18.0 Å². The van der Waals surface area contributed by atoms with Gasteiger partial charge in [0, 0.05) is 37.2 Å². The molecule has 1 aliphatic rings. The lowest BCUT2D eigenvalue weighted by Gasteiger charge is -2.26. The molecule has 1 aliphatic heterocycles. The van der Waals surface area contributed by atoms with Gasteiger partial charge in [0.1, 0.15) is 0 Å². The molecule has 0 bridgehead atoms. The monoisotopic (exact) mass is 438 g/mol. The number of thiophene rings is 1. The molecule has 4 rings (SSSR count). The Hall–Kier alpha value is -3.00. The summed E-state index contributed by atoms with van der Waals surface area (Å²) < 4.78 is 5.30. The summed E-state index contributed by atoms with van der Waals surface area (Å²) in [4.78, 5) is 31.6. The molecule has 162 valence electrons. The van der Waals surface area contributed by atoms with E-state index in [-0.39, 0.29) is 11.8 Å². The number of rotatable bonds is 9. The molecule has 1 saturated heterocycles. The molecule has 2 amide bonds. The predicted octanol–water partition coefficient (Wildman–Crippen LogP) is 4.46. The second-order valence-electron chi connectivity index (χ2n) is 7.60. The van der Waals surface area contributed by atoms with E-state index in [1.54, 1.807) is 28.4 Å². The molecule has 8 heteroatoms. The zero-order chi connectivity index (χ0) is 21.5. The minimum absolute atomic E-state index is 0.0889. The number of piperidine rings is 1. The fourth-order valence-electron chi connectivity index (χ4n) is 3.62. The van der Waals surface area contributed by atoms with E-state index in [9.17, 15) is 9.59 Å². The highest BCUT2D eigenvalue weighted by Crippen LogP contribution is 2.22. The first-order valence-corrected chi connectivity index (χ1v) is 11.6. The van der Waals surface area contributed by atoms with E-state index in [1.807, 2.05) is 29.6 Å². The van der Waals surface area contributed by atoms with Gasteiger partial charge in [-0.2, -0.15) is 4.98 Å². The SMILES string of the molecule is O=C(NCCCCCc1nc(-c2cccs2)no1)c1ccc(N2CCCCC2=O)cc1. The predicted molar refractivity (Wildman–Crippen MR) is 120 cm³/mol. The molecule has 3 aromatic rings. The maximum Gasteiger partial charge on any atom is 0.251 e. The molecule has 31 heavy (non-hydrogen) atoms. The number of amides is 2. The number of nitrogens with one attached hydrogen (secondary N) is 1. The number of aryl methyl sites for hydroxylation is 1. The first-order valence-electron chi connectivity index (χ1n) is 10.8. The second kappa shape index (κ2) is 10.3. The largest absolute Gasteiger partial charge is 0.352 e. The molecule has 0 spiro atoms. The summed E-state index contributed by atoms with van der Waals surface area (Å²) in [5, 5.41) is 8.96. The Balaban J connectivity index is 1.15. The van der Waals surface area contributed by atoms with E-state index in [4.69, 9.17) is 4.52 Å². The van der Waals surface area contributed by atoms with Gasteiger partial charge in [-0.3, -0.25) is 9.59 Å². The second-order valence-corrected chi connectivity index (χ2v) is 8.55. The van der Waals surface area contributed by atoms with Crippen molar-refractivity contribution >= 4 is 28.8 Å². The van der Waals surface area contributed by atoms with Crippen LogP contribution in [0.25, 0.3) is 10.7 Å². The standard InChI is InChI=1S/C23H26N4O3S/c28-21-9-3-5-15-27(21)18-12-10-17(11-13-18)23(29)24-14-4-1-2-8-20-25-22(26-30-20)19-7-6-16-31-19/h6-7,10-13,16H,1-5,8-9,14-15H2,(H,24,29). The van der Waals surface area contributed by atoms with E-state index in [1.165, 1.54) is 0 Å². The van der Waals surface area contributed by atoms with Crippen LogP contribution in [0.5, 0.6) is 0 Å². The average Bonchev–Trinajstić information content (AvgIpc) is 3.48. The number of carbonyl (C=O) groups is 2. The molecule has 7 nitrogen and oxygen atoms in total. The molecule has 1 fully saturated rings. The van der Waals surface area contributed by atoms with Crippen molar-refractivity contribution in [2.24, 2.45) is 0 Å². The van der Waals surface area contributed by atoms with Crippen molar-refractivity contribution in [3.05, 3.63) is 53.2 Å². The summed E-state index contributed by atoms with van der Waals surface area (Å²) in [6.07, 6.45) is 6.11. The number of carbonyl (C=O) groups excluding carboxylic acids is 2. The summed E-state index contributed by atoms with van der Waals surface area (Å²) in [6.45, 7) is 1.37. The number of hydrogen-bond donors (Lipinski definition) is 1. The van der Waals surface area contributed by atoms with Crippen LogP contribution in [0.4, 0.5) is 5.69 Å². The molecule has 1 N–H and O–H groups in total. The number of hydrogen-bond acceptors (Lipinski definition) is 6. The van der Waals surface area contributed by atoms with Crippen molar-refractivity contribution in [3.8, 4) is 10.7 Å². The van der Waals surface area contributed by atoms with Gasteiger partial charge in [0.25, 0.3) is 5.91 Å². The highest BCUT2D eigenvalue weighted by atomic mass is 32.1. The summed E-state index contributed by atoms with van der Waals surface area (Å²) in [5.41, 5.74) is 1.48. The van der Waals surface area contributed by atoms with E-state index in [2.05, 4.69) is 15.5 Å². The minimum atomic E-state index is -0.0889. The number of unbranched alkanes of at least 4 members (excludes halogenated alkanes) is 2. The fourth-order valence-corrected chi connectivity index (χ4v) is 4.27. The molecule has 3 heterocycles. The Labute approximate surface area is 185 Å². The van der Waals surface area contributed by atoms with Crippen LogP contribution in [-0.2, 0) is 11.2 Å². The van der Waals surface area contributed by atoms with E-state index in [0.29, 0.717) is 30.2 Å². The van der Waals surface area contributed by atoms with Crippen molar-refractivity contribution in [1.82, 2.24) is 15.5 Å². The smallest absolute Gasteiger partial charge is 0.251 e. The number of aromatic nitrogens is 2. The zero-order valence-electron chi connectivity index (χ0n) is 17.4. The summed E-state index contributed by atoms with van der Waals surface area (Å²) in [5.74, 6) is 1.37. The number of anilines is 1. The number of benzene rings is 1. The van der Waals surface area contributed by atoms with Gasteiger partial charge >= 0.3 is 0 Å². The lowest BCUT2D eigenvalue weighted by atomic mass is 10.1. The Bertz CT molecular complexity index is 998. The van der Waals surface area contributed by atoms with Gasteiger partial charge < -0.3 is 14.7 Å².